The van der Waals surface area contributed by atoms with Gasteiger partial charge in [0.2, 0.25) is 10.0 Å². The molecule has 0 heterocycles. The number of aryl methyl sites for hydroxylation is 1. The van der Waals surface area contributed by atoms with Gasteiger partial charge in [-0.1, -0.05) is 19.9 Å². The molecule has 20 heavy (non-hydrogen) atoms. The molecule has 0 radical (unpaired) electrons. The van der Waals surface area contributed by atoms with E-state index in [0.29, 0.717) is 15.9 Å². The second-order valence-electron chi connectivity index (χ2n) is 6.12. The molecule has 2 rings (SSSR count). The lowest BCUT2D eigenvalue weighted by atomic mass is 10.1. The first kappa shape index (κ1) is 15.9. The first-order valence-electron chi connectivity index (χ1n) is 6.63. The molecule has 0 aliphatic heterocycles. The van der Waals surface area contributed by atoms with Crippen molar-refractivity contribution < 1.29 is 8.42 Å². The van der Waals surface area contributed by atoms with Crippen molar-refractivity contribution in [1.82, 2.24) is 10.0 Å². The maximum atomic E-state index is 12.5. The van der Waals surface area contributed by atoms with Gasteiger partial charge >= 0.3 is 0 Å². The number of sulfonamides is 1. The minimum atomic E-state index is -3.49. The van der Waals surface area contributed by atoms with E-state index in [2.05, 4.69) is 39.8 Å². The normalized spacial score (nSPS) is 20.9. The number of rotatable bonds is 5. The largest absolute Gasteiger partial charge is 0.316 e. The standard InChI is InChI=1S/C14H21BrN2O2S/c1-9-5-10(8-16-4)6-11(13(9)15)20(18,19)17-12-7-14(12,2)3/h5-6,12,16-17H,7-8H2,1-4H3. The van der Waals surface area contributed by atoms with Gasteiger partial charge in [-0.3, -0.25) is 0 Å². The number of benzene rings is 1. The maximum absolute atomic E-state index is 12.5. The Morgan fingerprint density at radius 3 is 2.50 bits per heavy atom. The van der Waals surface area contributed by atoms with Gasteiger partial charge in [0.1, 0.15) is 0 Å². The lowest BCUT2D eigenvalue weighted by Crippen LogP contribution is -2.29. The summed E-state index contributed by atoms with van der Waals surface area (Å²) in [5.41, 5.74) is 1.95. The van der Waals surface area contributed by atoms with Gasteiger partial charge < -0.3 is 5.32 Å². The predicted octanol–water partition coefficient (Wildman–Crippen LogP) is 2.55. The molecule has 0 aromatic heterocycles. The Morgan fingerprint density at radius 1 is 1.40 bits per heavy atom. The van der Waals surface area contributed by atoms with E-state index in [4.69, 9.17) is 0 Å². The second kappa shape index (κ2) is 5.40. The molecule has 0 saturated heterocycles. The molecule has 6 heteroatoms. The van der Waals surface area contributed by atoms with Crippen LogP contribution in [0.5, 0.6) is 0 Å². The van der Waals surface area contributed by atoms with Crippen LogP contribution in [-0.2, 0) is 16.6 Å². The molecule has 1 fully saturated rings. The van der Waals surface area contributed by atoms with Crippen molar-refractivity contribution in [2.75, 3.05) is 7.05 Å². The zero-order chi connectivity index (χ0) is 15.1. The molecule has 1 aromatic carbocycles. The van der Waals surface area contributed by atoms with Crippen LogP contribution in [0.25, 0.3) is 0 Å². The molecule has 0 amide bonds. The van der Waals surface area contributed by atoms with E-state index < -0.39 is 10.0 Å². The number of nitrogens with one attached hydrogen (secondary N) is 2. The van der Waals surface area contributed by atoms with Crippen LogP contribution in [0.3, 0.4) is 0 Å². The highest BCUT2D eigenvalue weighted by atomic mass is 79.9. The molecule has 0 bridgehead atoms. The molecule has 112 valence electrons. The Kier molecular flexibility index (Phi) is 4.31. The molecule has 0 spiro atoms. The zero-order valence-electron chi connectivity index (χ0n) is 12.2. The van der Waals surface area contributed by atoms with Crippen LogP contribution in [0.4, 0.5) is 0 Å². The van der Waals surface area contributed by atoms with Crippen molar-refractivity contribution in [2.24, 2.45) is 5.41 Å². The molecule has 1 atom stereocenters. The summed E-state index contributed by atoms with van der Waals surface area (Å²) in [5, 5.41) is 3.05. The third-order valence-corrected chi connectivity index (χ3v) is 6.57. The average Bonchev–Trinajstić information content (AvgIpc) is 2.89. The first-order valence-corrected chi connectivity index (χ1v) is 8.91. The Labute approximate surface area is 129 Å². The van der Waals surface area contributed by atoms with Crippen molar-refractivity contribution in [3.8, 4) is 0 Å². The highest BCUT2D eigenvalue weighted by Gasteiger charge is 2.48. The molecular weight excluding hydrogens is 340 g/mol. The summed E-state index contributed by atoms with van der Waals surface area (Å²) < 4.78 is 28.5. The predicted molar refractivity (Wildman–Crippen MR) is 84.2 cm³/mol. The molecular formula is C14H21BrN2O2S. The molecule has 1 unspecified atom stereocenters. The van der Waals surface area contributed by atoms with Crippen LogP contribution in [0.1, 0.15) is 31.4 Å². The van der Waals surface area contributed by atoms with Gasteiger partial charge in [-0.2, -0.15) is 0 Å². The zero-order valence-corrected chi connectivity index (χ0v) is 14.7. The van der Waals surface area contributed by atoms with E-state index in [-0.39, 0.29) is 11.5 Å². The van der Waals surface area contributed by atoms with Gasteiger partial charge in [0, 0.05) is 17.1 Å². The van der Waals surface area contributed by atoms with Gasteiger partial charge in [-0.05, 0) is 58.9 Å². The summed E-state index contributed by atoms with van der Waals surface area (Å²) in [6.45, 7) is 6.69. The molecule has 2 N–H and O–H groups in total. The smallest absolute Gasteiger partial charge is 0.241 e. The van der Waals surface area contributed by atoms with E-state index in [1.807, 2.05) is 20.0 Å². The number of hydrogen-bond donors (Lipinski definition) is 2. The van der Waals surface area contributed by atoms with Crippen molar-refractivity contribution in [3.63, 3.8) is 0 Å². The third kappa shape index (κ3) is 3.24. The number of halogens is 1. The summed E-state index contributed by atoms with van der Waals surface area (Å²) in [7, 11) is -1.64. The third-order valence-electron chi connectivity index (χ3n) is 3.76. The summed E-state index contributed by atoms with van der Waals surface area (Å²) >= 11 is 3.40. The van der Waals surface area contributed by atoms with Gasteiger partial charge in [-0.25, -0.2) is 13.1 Å². The Hall–Kier alpha value is -0.430. The molecule has 1 saturated carbocycles. The first-order chi connectivity index (χ1) is 9.17. The van der Waals surface area contributed by atoms with Gasteiger partial charge in [-0.15, -0.1) is 0 Å². The molecule has 1 aromatic rings. The van der Waals surface area contributed by atoms with Gasteiger partial charge in [0.05, 0.1) is 4.90 Å². The quantitative estimate of drug-likeness (QED) is 0.848. The molecule has 1 aliphatic carbocycles. The highest BCUT2D eigenvalue weighted by molar-refractivity contribution is 9.10. The maximum Gasteiger partial charge on any atom is 0.241 e. The Balaban J connectivity index is 2.35. The van der Waals surface area contributed by atoms with Crippen LogP contribution in [0.2, 0.25) is 0 Å². The molecule has 1 aliphatic rings. The van der Waals surface area contributed by atoms with E-state index >= 15 is 0 Å². The van der Waals surface area contributed by atoms with Crippen molar-refractivity contribution in [2.45, 2.75) is 44.7 Å². The summed E-state index contributed by atoms with van der Waals surface area (Å²) in [5.74, 6) is 0. The monoisotopic (exact) mass is 360 g/mol. The lowest BCUT2D eigenvalue weighted by Gasteiger charge is -2.13. The van der Waals surface area contributed by atoms with Crippen molar-refractivity contribution in [3.05, 3.63) is 27.7 Å². The van der Waals surface area contributed by atoms with E-state index in [1.54, 1.807) is 6.07 Å². The fourth-order valence-corrected chi connectivity index (χ4v) is 4.71. The van der Waals surface area contributed by atoms with Crippen LogP contribution >= 0.6 is 15.9 Å². The molecule has 4 nitrogen and oxygen atoms in total. The van der Waals surface area contributed by atoms with E-state index in [1.165, 1.54) is 0 Å². The average molecular weight is 361 g/mol. The highest BCUT2D eigenvalue weighted by Crippen LogP contribution is 2.45. The fraction of sp³-hybridized carbons (Fsp3) is 0.571. The number of hydrogen-bond acceptors (Lipinski definition) is 3. The summed E-state index contributed by atoms with van der Waals surface area (Å²) in [4.78, 5) is 0.324. The Bertz CT molecular complexity index is 626. The van der Waals surface area contributed by atoms with Crippen LogP contribution < -0.4 is 10.0 Å². The van der Waals surface area contributed by atoms with Gasteiger partial charge in [0.15, 0.2) is 0 Å². The van der Waals surface area contributed by atoms with E-state index in [9.17, 15) is 8.42 Å². The van der Waals surface area contributed by atoms with E-state index in [0.717, 1.165) is 17.5 Å². The second-order valence-corrected chi connectivity index (χ2v) is 8.60. The van der Waals surface area contributed by atoms with Crippen LogP contribution in [-0.4, -0.2) is 21.5 Å². The minimum absolute atomic E-state index is 0.0349. The van der Waals surface area contributed by atoms with Crippen LogP contribution in [0.15, 0.2) is 21.5 Å². The van der Waals surface area contributed by atoms with Crippen molar-refractivity contribution >= 4 is 26.0 Å². The Morgan fingerprint density at radius 2 is 2.00 bits per heavy atom. The van der Waals surface area contributed by atoms with Crippen LogP contribution in [0, 0.1) is 12.3 Å². The SMILES string of the molecule is CNCc1cc(C)c(Br)c(S(=O)(=O)NC2CC2(C)C)c1. The van der Waals surface area contributed by atoms with Gasteiger partial charge in [0.25, 0.3) is 0 Å². The lowest BCUT2D eigenvalue weighted by molar-refractivity contribution is 0.554. The summed E-state index contributed by atoms with van der Waals surface area (Å²) in [6.07, 6.45) is 0.888. The summed E-state index contributed by atoms with van der Waals surface area (Å²) in [6, 6.07) is 3.75. The minimum Gasteiger partial charge on any atom is -0.316 e. The fourth-order valence-electron chi connectivity index (χ4n) is 2.23. The van der Waals surface area contributed by atoms with Crippen molar-refractivity contribution in [1.29, 1.82) is 0 Å². The topological polar surface area (TPSA) is 58.2 Å².